The van der Waals surface area contributed by atoms with Gasteiger partial charge in [-0.3, -0.25) is 4.79 Å². The van der Waals surface area contributed by atoms with Crippen LogP contribution in [0.2, 0.25) is 0 Å². The van der Waals surface area contributed by atoms with Gasteiger partial charge in [0.1, 0.15) is 6.10 Å². The lowest BCUT2D eigenvalue weighted by molar-refractivity contribution is -0.146. The number of hydrogen-bond acceptors (Lipinski definition) is 2. The lowest BCUT2D eigenvalue weighted by atomic mass is 9.81. The Morgan fingerprint density at radius 2 is 2.00 bits per heavy atom. The smallest absolute Gasteiger partial charge is 0.303 e. The molecule has 0 amide bonds. The van der Waals surface area contributed by atoms with Crippen LogP contribution >= 0.6 is 0 Å². The Balaban J connectivity index is 2.24. The van der Waals surface area contributed by atoms with Gasteiger partial charge in [-0.05, 0) is 24.3 Å². The fourth-order valence-corrected chi connectivity index (χ4v) is 2.54. The average Bonchev–Trinajstić information content (AvgIpc) is 2.48. The fourth-order valence-electron chi connectivity index (χ4n) is 2.54. The minimum atomic E-state index is -0.203. The number of fused-ring (bicyclic) bond motifs is 2. The van der Waals surface area contributed by atoms with Crippen LogP contribution in [0, 0.1) is 17.8 Å². The van der Waals surface area contributed by atoms with Crippen molar-refractivity contribution in [2.75, 3.05) is 0 Å². The Labute approximate surface area is 96.7 Å². The zero-order valence-corrected chi connectivity index (χ0v) is 9.80. The molecule has 0 saturated carbocycles. The third-order valence-corrected chi connectivity index (χ3v) is 3.50. The number of rotatable bonds is 1. The highest BCUT2D eigenvalue weighted by atomic mass is 16.5. The first-order valence-corrected chi connectivity index (χ1v) is 5.87. The van der Waals surface area contributed by atoms with Crippen LogP contribution in [0.3, 0.4) is 0 Å². The second-order valence-electron chi connectivity index (χ2n) is 4.61. The summed E-state index contributed by atoms with van der Waals surface area (Å²) in [6, 6.07) is 0. The van der Waals surface area contributed by atoms with E-state index in [0.29, 0.717) is 17.8 Å². The molecule has 2 heteroatoms. The highest BCUT2D eigenvalue weighted by molar-refractivity contribution is 5.66. The summed E-state index contributed by atoms with van der Waals surface area (Å²) in [6.07, 6.45) is 13.7. The van der Waals surface area contributed by atoms with E-state index in [1.54, 1.807) is 0 Å². The van der Waals surface area contributed by atoms with Crippen molar-refractivity contribution in [3.05, 3.63) is 36.5 Å². The molecular formula is C14H18O2. The van der Waals surface area contributed by atoms with E-state index in [9.17, 15) is 4.79 Å². The van der Waals surface area contributed by atoms with E-state index in [1.165, 1.54) is 6.92 Å². The molecule has 0 radical (unpaired) electrons. The lowest BCUT2D eigenvalue weighted by Crippen LogP contribution is -2.29. The van der Waals surface area contributed by atoms with Crippen molar-refractivity contribution in [1.29, 1.82) is 0 Å². The number of allylic oxidation sites excluding steroid dienone is 4. The molecule has 16 heavy (non-hydrogen) atoms. The lowest BCUT2D eigenvalue weighted by Gasteiger charge is -2.28. The van der Waals surface area contributed by atoms with Crippen molar-refractivity contribution in [2.45, 2.75) is 26.4 Å². The van der Waals surface area contributed by atoms with Crippen LogP contribution in [-0.2, 0) is 9.53 Å². The monoisotopic (exact) mass is 218 g/mol. The highest BCUT2D eigenvalue weighted by Gasteiger charge is 2.32. The van der Waals surface area contributed by atoms with Crippen molar-refractivity contribution < 1.29 is 9.53 Å². The van der Waals surface area contributed by atoms with Gasteiger partial charge >= 0.3 is 5.97 Å². The molecule has 0 unspecified atom stereocenters. The molecule has 0 aromatic rings. The molecule has 2 aliphatic rings. The Morgan fingerprint density at radius 1 is 1.25 bits per heavy atom. The number of hydrogen-bond donors (Lipinski definition) is 0. The second-order valence-corrected chi connectivity index (χ2v) is 4.61. The summed E-state index contributed by atoms with van der Waals surface area (Å²) < 4.78 is 5.38. The van der Waals surface area contributed by atoms with E-state index in [-0.39, 0.29) is 12.1 Å². The SMILES string of the molecule is CC(=O)O[C@@H]1C=CC[C@@H]2C=CC=C[C@H]1[C@H]2C. The summed E-state index contributed by atoms with van der Waals surface area (Å²) in [7, 11) is 0. The zero-order chi connectivity index (χ0) is 11.5. The molecule has 2 aliphatic carbocycles. The first-order valence-electron chi connectivity index (χ1n) is 5.87. The van der Waals surface area contributed by atoms with Gasteiger partial charge in [-0.2, -0.15) is 0 Å². The molecule has 0 aliphatic heterocycles. The first-order chi connectivity index (χ1) is 7.68. The van der Waals surface area contributed by atoms with Gasteiger partial charge in [-0.15, -0.1) is 0 Å². The molecule has 0 aromatic carbocycles. The third kappa shape index (κ3) is 2.26. The van der Waals surface area contributed by atoms with Crippen LogP contribution in [0.4, 0.5) is 0 Å². The van der Waals surface area contributed by atoms with Crippen molar-refractivity contribution >= 4 is 5.97 Å². The van der Waals surface area contributed by atoms with Crippen molar-refractivity contribution in [3.63, 3.8) is 0 Å². The number of carbonyl (C=O) groups excluding carboxylic acids is 1. The van der Waals surface area contributed by atoms with E-state index < -0.39 is 0 Å². The maximum Gasteiger partial charge on any atom is 0.303 e. The quantitative estimate of drug-likeness (QED) is 0.499. The van der Waals surface area contributed by atoms with Gasteiger partial charge in [-0.1, -0.05) is 37.3 Å². The first kappa shape index (κ1) is 11.2. The normalized spacial score (nSPS) is 36.6. The topological polar surface area (TPSA) is 26.3 Å². The van der Waals surface area contributed by atoms with Gasteiger partial charge in [0.25, 0.3) is 0 Å². The largest absolute Gasteiger partial charge is 0.458 e. The summed E-state index contributed by atoms with van der Waals surface area (Å²) in [5, 5.41) is 0. The molecule has 0 N–H and O–H groups in total. The molecule has 0 spiro atoms. The van der Waals surface area contributed by atoms with E-state index in [4.69, 9.17) is 4.74 Å². The van der Waals surface area contributed by atoms with Gasteiger partial charge < -0.3 is 4.74 Å². The summed E-state index contributed by atoms with van der Waals surface area (Å²) in [5.74, 6) is 1.15. The van der Waals surface area contributed by atoms with Crippen molar-refractivity contribution in [2.24, 2.45) is 17.8 Å². The molecule has 86 valence electrons. The predicted molar refractivity (Wildman–Crippen MR) is 63.7 cm³/mol. The molecular weight excluding hydrogens is 200 g/mol. The molecule has 4 atom stereocenters. The van der Waals surface area contributed by atoms with Crippen LogP contribution < -0.4 is 0 Å². The second kappa shape index (κ2) is 4.69. The zero-order valence-electron chi connectivity index (χ0n) is 9.80. The van der Waals surface area contributed by atoms with E-state index in [1.807, 2.05) is 6.08 Å². The van der Waals surface area contributed by atoms with Crippen LogP contribution in [0.5, 0.6) is 0 Å². The van der Waals surface area contributed by atoms with Crippen LogP contribution in [0.1, 0.15) is 20.3 Å². The van der Waals surface area contributed by atoms with Crippen molar-refractivity contribution in [3.8, 4) is 0 Å². The average molecular weight is 218 g/mol. The summed E-state index contributed by atoms with van der Waals surface area (Å²) >= 11 is 0. The molecule has 2 bridgehead atoms. The highest BCUT2D eigenvalue weighted by Crippen LogP contribution is 2.35. The summed E-state index contributed by atoms with van der Waals surface area (Å²) in [5.41, 5.74) is 0. The van der Waals surface area contributed by atoms with E-state index in [0.717, 1.165) is 6.42 Å². The Kier molecular flexibility index (Phi) is 3.28. The van der Waals surface area contributed by atoms with Gasteiger partial charge in [0.05, 0.1) is 0 Å². The molecule has 0 heterocycles. The van der Waals surface area contributed by atoms with E-state index in [2.05, 4.69) is 37.3 Å². The Bertz CT molecular complexity index is 352. The molecule has 0 saturated heterocycles. The number of esters is 1. The Hall–Kier alpha value is -1.31. The van der Waals surface area contributed by atoms with E-state index >= 15 is 0 Å². The van der Waals surface area contributed by atoms with Crippen LogP contribution in [-0.4, -0.2) is 12.1 Å². The van der Waals surface area contributed by atoms with Crippen LogP contribution in [0.25, 0.3) is 0 Å². The standard InChI is InChI=1S/C14H18O2/c1-10-12-6-3-4-8-13(10)14(9-5-7-12)16-11(2)15/h3-6,8-10,12-14H,7H2,1-2H3/t10-,12-,13-,14+/m0/s1. The van der Waals surface area contributed by atoms with Gasteiger partial charge in [-0.25, -0.2) is 0 Å². The maximum absolute atomic E-state index is 11.1. The van der Waals surface area contributed by atoms with Gasteiger partial charge in [0, 0.05) is 12.8 Å². The Morgan fingerprint density at radius 3 is 2.75 bits per heavy atom. The number of carbonyl (C=O) groups is 1. The van der Waals surface area contributed by atoms with Crippen molar-refractivity contribution in [1.82, 2.24) is 0 Å². The number of ether oxygens (including phenoxy) is 1. The minimum Gasteiger partial charge on any atom is -0.458 e. The predicted octanol–water partition coefficient (Wildman–Crippen LogP) is 2.87. The molecule has 2 nitrogen and oxygen atoms in total. The molecule has 0 fully saturated rings. The van der Waals surface area contributed by atoms with Gasteiger partial charge in [0.2, 0.25) is 0 Å². The molecule has 2 rings (SSSR count). The third-order valence-electron chi connectivity index (χ3n) is 3.50. The minimum absolute atomic E-state index is 0.103. The molecule has 0 aromatic heterocycles. The fraction of sp³-hybridized carbons (Fsp3) is 0.500. The maximum atomic E-state index is 11.1. The van der Waals surface area contributed by atoms with Gasteiger partial charge in [0.15, 0.2) is 0 Å². The van der Waals surface area contributed by atoms with Crippen LogP contribution in [0.15, 0.2) is 36.5 Å². The summed E-state index contributed by atoms with van der Waals surface area (Å²) in [4.78, 5) is 11.1. The summed E-state index contributed by atoms with van der Waals surface area (Å²) in [6.45, 7) is 3.71.